The highest BCUT2D eigenvalue weighted by molar-refractivity contribution is 6.22. The third kappa shape index (κ3) is 4.40. The van der Waals surface area contributed by atoms with Crippen LogP contribution in [0.4, 0.5) is 0 Å². The second-order valence-corrected chi connectivity index (χ2v) is 8.41. The van der Waals surface area contributed by atoms with Crippen LogP contribution in [0.1, 0.15) is 52.2 Å². The highest BCUT2D eigenvalue weighted by Gasteiger charge is 2.46. The number of allylic oxidation sites excluding steroid dienone is 1. The topological polar surface area (TPSA) is 75.0 Å². The summed E-state index contributed by atoms with van der Waals surface area (Å²) >= 11 is 0. The number of benzene rings is 1. The van der Waals surface area contributed by atoms with E-state index in [1.165, 1.54) is 6.26 Å². The van der Waals surface area contributed by atoms with Gasteiger partial charge in [0.15, 0.2) is 11.9 Å². The Morgan fingerprint density at radius 3 is 2.77 bits per heavy atom. The van der Waals surface area contributed by atoms with E-state index in [1.807, 2.05) is 30.3 Å². The number of furan rings is 1. The Hall–Kier alpha value is -2.60. The average Bonchev–Trinajstić information content (AvgIpc) is 3.19. The van der Waals surface area contributed by atoms with Crippen LogP contribution in [0, 0.1) is 11.8 Å². The van der Waals surface area contributed by atoms with E-state index in [-0.39, 0.29) is 35.8 Å². The molecule has 0 spiro atoms. The number of rotatable bonds is 7. The maximum absolute atomic E-state index is 13.4. The highest BCUT2D eigenvalue weighted by Crippen LogP contribution is 2.42. The van der Waals surface area contributed by atoms with Crippen LogP contribution in [0.5, 0.6) is 0 Å². The summed E-state index contributed by atoms with van der Waals surface area (Å²) in [5.74, 6) is 0.208. The molecule has 5 unspecified atom stereocenters. The van der Waals surface area contributed by atoms with Gasteiger partial charge in [-0.05, 0) is 44.7 Å². The van der Waals surface area contributed by atoms with Crippen LogP contribution in [-0.2, 0) is 23.8 Å². The quantitative estimate of drug-likeness (QED) is 0.586. The molecule has 2 aliphatic rings. The number of hydrogen-bond acceptors (Lipinski definition) is 6. The van der Waals surface area contributed by atoms with Gasteiger partial charge in [0, 0.05) is 11.8 Å². The molecule has 166 valence electrons. The fraction of sp³-hybridized carbons (Fsp3) is 0.520. The summed E-state index contributed by atoms with van der Waals surface area (Å²) in [4.78, 5) is 25.4. The Labute approximate surface area is 182 Å². The second kappa shape index (κ2) is 9.27. The van der Waals surface area contributed by atoms with Gasteiger partial charge in [-0.3, -0.25) is 4.79 Å². The lowest BCUT2D eigenvalue weighted by atomic mass is 9.72. The van der Waals surface area contributed by atoms with Crippen molar-refractivity contribution in [2.45, 2.75) is 64.8 Å². The number of Topliss-reactive ketones (excluding diaryl/α,β-unsaturated/α-hetero) is 1. The van der Waals surface area contributed by atoms with Gasteiger partial charge < -0.3 is 18.6 Å². The Bertz CT molecular complexity index is 940. The van der Waals surface area contributed by atoms with E-state index in [0.717, 1.165) is 23.8 Å². The number of ether oxygens (including phenoxy) is 3. The molecule has 1 aliphatic heterocycles. The summed E-state index contributed by atoms with van der Waals surface area (Å²) in [6.07, 6.45) is 3.67. The summed E-state index contributed by atoms with van der Waals surface area (Å²) in [6.45, 7) is 5.95. The molecule has 0 amide bonds. The van der Waals surface area contributed by atoms with E-state index in [1.54, 1.807) is 13.8 Å². The molecule has 4 rings (SSSR count). The molecule has 6 nitrogen and oxygen atoms in total. The number of fused-ring (bicyclic) bond motifs is 2. The lowest BCUT2D eigenvalue weighted by Crippen LogP contribution is -2.47. The fourth-order valence-electron chi connectivity index (χ4n) is 4.77. The molecule has 6 heteroatoms. The molecule has 31 heavy (non-hydrogen) atoms. The molecule has 0 bridgehead atoms. The Morgan fingerprint density at radius 1 is 1.23 bits per heavy atom. The van der Waals surface area contributed by atoms with Crippen LogP contribution < -0.4 is 0 Å². The largest absolute Gasteiger partial charge is 0.496 e. The van der Waals surface area contributed by atoms with Gasteiger partial charge in [-0.25, -0.2) is 4.79 Å². The van der Waals surface area contributed by atoms with Crippen molar-refractivity contribution in [1.82, 2.24) is 0 Å². The number of esters is 1. The lowest BCUT2D eigenvalue weighted by Gasteiger charge is -2.42. The molecule has 1 fully saturated rings. The average molecular weight is 427 g/mol. The van der Waals surface area contributed by atoms with Gasteiger partial charge >= 0.3 is 5.97 Å². The maximum atomic E-state index is 13.4. The molecule has 2 aromatic rings. The Kier molecular flexibility index (Phi) is 6.46. The van der Waals surface area contributed by atoms with Gasteiger partial charge in [0.05, 0.1) is 30.5 Å². The molecular weight excluding hydrogens is 396 g/mol. The van der Waals surface area contributed by atoms with Crippen LogP contribution in [0.2, 0.25) is 0 Å². The smallest absolute Gasteiger partial charge is 0.334 e. The van der Waals surface area contributed by atoms with E-state index < -0.39 is 6.10 Å². The van der Waals surface area contributed by atoms with Crippen molar-refractivity contribution < 1.29 is 28.2 Å². The van der Waals surface area contributed by atoms with Crippen LogP contribution in [0.15, 0.2) is 41.0 Å². The van der Waals surface area contributed by atoms with Crippen molar-refractivity contribution in [3.8, 4) is 0 Å². The van der Waals surface area contributed by atoms with Gasteiger partial charge in [0.1, 0.15) is 17.4 Å². The molecule has 1 aromatic heterocycles. The van der Waals surface area contributed by atoms with Crippen molar-refractivity contribution in [1.29, 1.82) is 0 Å². The summed E-state index contributed by atoms with van der Waals surface area (Å²) < 4.78 is 23.1. The van der Waals surface area contributed by atoms with Gasteiger partial charge in [-0.2, -0.15) is 0 Å². The third-order valence-electron chi connectivity index (χ3n) is 6.31. The number of para-hydroxylation sites is 1. The zero-order valence-corrected chi connectivity index (χ0v) is 18.3. The first-order valence-electron chi connectivity index (χ1n) is 11.2. The zero-order chi connectivity index (χ0) is 22.0. The van der Waals surface area contributed by atoms with Crippen LogP contribution >= 0.6 is 0 Å². The van der Waals surface area contributed by atoms with Crippen molar-refractivity contribution in [2.24, 2.45) is 11.8 Å². The first kappa shape index (κ1) is 21.6. The van der Waals surface area contributed by atoms with Crippen LogP contribution in [0.25, 0.3) is 16.5 Å². The minimum Gasteiger partial charge on any atom is -0.496 e. The minimum atomic E-state index is -0.637. The number of ketones is 1. The maximum Gasteiger partial charge on any atom is 0.334 e. The molecule has 0 radical (unpaired) electrons. The first-order valence-corrected chi connectivity index (χ1v) is 11.2. The fourth-order valence-corrected chi connectivity index (χ4v) is 4.77. The molecule has 1 aliphatic carbocycles. The minimum absolute atomic E-state index is 0.0632. The van der Waals surface area contributed by atoms with Crippen molar-refractivity contribution >= 4 is 28.3 Å². The monoisotopic (exact) mass is 426 g/mol. The number of hydrogen-bond donors (Lipinski definition) is 0. The Balaban J connectivity index is 1.53. The van der Waals surface area contributed by atoms with Crippen molar-refractivity contribution in [3.05, 3.63) is 42.4 Å². The van der Waals surface area contributed by atoms with E-state index in [0.29, 0.717) is 30.8 Å². The summed E-state index contributed by atoms with van der Waals surface area (Å²) in [5, 5.41) is 0.960. The zero-order valence-electron chi connectivity index (χ0n) is 18.3. The van der Waals surface area contributed by atoms with Gasteiger partial charge in [0.2, 0.25) is 0 Å². The standard InChI is InChI=1S/C25H30O6/c1-4-8-16-11-18-22(13-21(16)30-15(3)25(27)28-5-2)29-14-19(24(18)26)23-12-17-9-6-7-10-20(17)31-23/h6-7,9-10,12,14-16,18,21-22H,4-5,8,11,13H2,1-3H3. The van der Waals surface area contributed by atoms with Gasteiger partial charge in [-0.15, -0.1) is 0 Å². The molecule has 1 saturated carbocycles. The lowest BCUT2D eigenvalue weighted by molar-refractivity contribution is -0.168. The normalized spacial score (nSPS) is 26.7. The second-order valence-electron chi connectivity index (χ2n) is 8.41. The molecule has 5 atom stereocenters. The molecular formula is C25H30O6. The summed E-state index contributed by atoms with van der Waals surface area (Å²) in [7, 11) is 0. The summed E-state index contributed by atoms with van der Waals surface area (Å²) in [6, 6.07) is 9.60. The van der Waals surface area contributed by atoms with Crippen LogP contribution in [-0.4, -0.2) is 36.7 Å². The number of carbonyl (C=O) groups is 2. The molecule has 0 N–H and O–H groups in total. The van der Waals surface area contributed by atoms with Crippen LogP contribution in [0.3, 0.4) is 0 Å². The third-order valence-corrected chi connectivity index (χ3v) is 6.31. The van der Waals surface area contributed by atoms with Crippen molar-refractivity contribution in [2.75, 3.05) is 6.61 Å². The van der Waals surface area contributed by atoms with Gasteiger partial charge in [-0.1, -0.05) is 31.5 Å². The first-order chi connectivity index (χ1) is 15.0. The van der Waals surface area contributed by atoms with Crippen molar-refractivity contribution in [3.63, 3.8) is 0 Å². The predicted molar refractivity (Wildman–Crippen MR) is 116 cm³/mol. The molecule has 2 heterocycles. The van der Waals surface area contributed by atoms with E-state index in [4.69, 9.17) is 18.6 Å². The summed E-state index contributed by atoms with van der Waals surface area (Å²) in [5.41, 5.74) is 1.24. The number of carbonyl (C=O) groups excluding carboxylic acids is 2. The van der Waals surface area contributed by atoms with E-state index in [2.05, 4.69) is 6.92 Å². The molecule has 0 saturated heterocycles. The van der Waals surface area contributed by atoms with Gasteiger partial charge in [0.25, 0.3) is 0 Å². The Morgan fingerprint density at radius 2 is 2.03 bits per heavy atom. The highest BCUT2D eigenvalue weighted by atomic mass is 16.6. The predicted octanol–water partition coefficient (Wildman–Crippen LogP) is 4.90. The SMILES string of the molecule is CCCC1CC2C(=O)C(c3cc4ccccc4o3)=COC2CC1OC(C)C(=O)OCC. The van der Waals surface area contributed by atoms with E-state index >= 15 is 0 Å². The van der Waals surface area contributed by atoms with E-state index in [9.17, 15) is 9.59 Å². The molecule has 1 aromatic carbocycles.